The molecule has 2 aromatic carbocycles. The third-order valence-corrected chi connectivity index (χ3v) is 4.38. The number of benzene rings is 2. The van der Waals surface area contributed by atoms with E-state index in [1.54, 1.807) is 0 Å². The van der Waals surface area contributed by atoms with E-state index in [2.05, 4.69) is 5.32 Å². The highest BCUT2D eigenvalue weighted by atomic mass is 16.1. The predicted octanol–water partition coefficient (Wildman–Crippen LogP) is 3.95. The van der Waals surface area contributed by atoms with Gasteiger partial charge in [0.2, 0.25) is 0 Å². The van der Waals surface area contributed by atoms with Gasteiger partial charge in [-0.05, 0) is 30.2 Å². The van der Waals surface area contributed by atoms with Crippen LogP contribution in [0, 0.1) is 12.3 Å². The fraction of sp³-hybridized carbons (Fsp3) is 0.278. The van der Waals surface area contributed by atoms with Gasteiger partial charge in [-0.3, -0.25) is 4.79 Å². The molecule has 3 heteroatoms. The number of nitrogen functional groups attached to an aromatic ring is 1. The van der Waals surface area contributed by atoms with Crippen molar-refractivity contribution < 1.29 is 4.79 Å². The Balaban J connectivity index is 2.05. The zero-order valence-corrected chi connectivity index (χ0v) is 12.6. The molecule has 0 aromatic heterocycles. The van der Waals surface area contributed by atoms with Crippen molar-refractivity contribution in [3.8, 4) is 0 Å². The van der Waals surface area contributed by atoms with Crippen molar-refractivity contribution in [2.45, 2.75) is 26.8 Å². The number of aryl methyl sites for hydroxylation is 1. The molecule has 3 N–H and O–H groups in total. The molecule has 3 rings (SSSR count). The number of nitrogens with one attached hydrogen (secondary N) is 1. The average molecular weight is 280 g/mol. The normalized spacial score (nSPS) is 19.4. The molecule has 0 fully saturated rings. The molecule has 0 aliphatic heterocycles. The van der Waals surface area contributed by atoms with Crippen LogP contribution >= 0.6 is 0 Å². The van der Waals surface area contributed by atoms with Crippen LogP contribution in [0.25, 0.3) is 0 Å². The van der Waals surface area contributed by atoms with Crippen LogP contribution in [0.1, 0.15) is 41.4 Å². The molecule has 2 aromatic rings. The Morgan fingerprint density at radius 1 is 1.14 bits per heavy atom. The maximum Gasteiger partial charge on any atom is 0.171 e. The molecule has 0 bridgehead atoms. The SMILES string of the molecule is Cc1ccc(N)cc1NC1c2ccccc2C(=O)C1(C)C. The third kappa shape index (κ3) is 2.09. The zero-order valence-electron chi connectivity index (χ0n) is 12.6. The Bertz CT molecular complexity index is 719. The first-order valence-electron chi connectivity index (χ1n) is 7.17. The van der Waals surface area contributed by atoms with Crippen LogP contribution in [0.2, 0.25) is 0 Å². The Morgan fingerprint density at radius 2 is 1.86 bits per heavy atom. The lowest BCUT2D eigenvalue weighted by Crippen LogP contribution is -2.29. The monoisotopic (exact) mass is 280 g/mol. The molecule has 0 radical (unpaired) electrons. The van der Waals surface area contributed by atoms with E-state index in [1.165, 1.54) is 0 Å². The molecular weight excluding hydrogens is 260 g/mol. The summed E-state index contributed by atoms with van der Waals surface area (Å²) in [7, 11) is 0. The highest BCUT2D eigenvalue weighted by Crippen LogP contribution is 2.47. The van der Waals surface area contributed by atoms with Crippen LogP contribution in [-0.4, -0.2) is 5.78 Å². The average Bonchev–Trinajstić information content (AvgIpc) is 2.64. The lowest BCUT2D eigenvalue weighted by molar-refractivity contribution is 0.0844. The van der Waals surface area contributed by atoms with E-state index < -0.39 is 5.41 Å². The van der Waals surface area contributed by atoms with E-state index in [0.717, 1.165) is 28.1 Å². The molecule has 3 nitrogen and oxygen atoms in total. The Labute approximate surface area is 125 Å². The minimum atomic E-state index is -0.471. The third-order valence-electron chi connectivity index (χ3n) is 4.38. The number of carbonyl (C=O) groups is 1. The molecule has 1 aliphatic rings. The van der Waals surface area contributed by atoms with Gasteiger partial charge in [-0.2, -0.15) is 0 Å². The van der Waals surface area contributed by atoms with Crippen molar-refractivity contribution >= 4 is 17.2 Å². The summed E-state index contributed by atoms with van der Waals surface area (Å²) in [6.07, 6.45) is 0. The van der Waals surface area contributed by atoms with Crippen molar-refractivity contribution in [3.05, 3.63) is 59.2 Å². The number of hydrogen-bond acceptors (Lipinski definition) is 3. The first kappa shape index (κ1) is 13.7. The van der Waals surface area contributed by atoms with Gasteiger partial charge < -0.3 is 11.1 Å². The van der Waals surface area contributed by atoms with Crippen molar-refractivity contribution in [2.75, 3.05) is 11.1 Å². The Morgan fingerprint density at radius 3 is 2.62 bits per heavy atom. The molecule has 1 atom stereocenters. The maximum absolute atomic E-state index is 12.6. The fourth-order valence-corrected chi connectivity index (χ4v) is 3.03. The van der Waals surface area contributed by atoms with Gasteiger partial charge in [0.25, 0.3) is 0 Å². The molecule has 1 unspecified atom stereocenters. The highest BCUT2D eigenvalue weighted by Gasteiger charge is 2.46. The lowest BCUT2D eigenvalue weighted by Gasteiger charge is -2.28. The summed E-state index contributed by atoms with van der Waals surface area (Å²) in [6.45, 7) is 6.03. The highest BCUT2D eigenvalue weighted by molar-refractivity contribution is 6.05. The summed E-state index contributed by atoms with van der Waals surface area (Å²) in [5.74, 6) is 0.192. The second-order valence-corrected chi connectivity index (χ2v) is 6.29. The van der Waals surface area contributed by atoms with Gasteiger partial charge in [0.15, 0.2) is 5.78 Å². The van der Waals surface area contributed by atoms with Crippen LogP contribution in [0.4, 0.5) is 11.4 Å². The van der Waals surface area contributed by atoms with E-state index in [9.17, 15) is 4.79 Å². The number of anilines is 2. The van der Waals surface area contributed by atoms with Gasteiger partial charge in [0, 0.05) is 16.9 Å². The van der Waals surface area contributed by atoms with Crippen LogP contribution < -0.4 is 11.1 Å². The number of nitrogens with two attached hydrogens (primary N) is 1. The zero-order chi connectivity index (χ0) is 15.2. The van der Waals surface area contributed by atoms with Gasteiger partial charge in [-0.15, -0.1) is 0 Å². The van der Waals surface area contributed by atoms with Crippen molar-refractivity contribution in [2.24, 2.45) is 5.41 Å². The van der Waals surface area contributed by atoms with Crippen LogP contribution in [0.3, 0.4) is 0 Å². The molecule has 0 amide bonds. The first-order valence-corrected chi connectivity index (χ1v) is 7.17. The smallest absolute Gasteiger partial charge is 0.171 e. The fourth-order valence-electron chi connectivity index (χ4n) is 3.03. The van der Waals surface area contributed by atoms with Crippen molar-refractivity contribution in [1.82, 2.24) is 0 Å². The van der Waals surface area contributed by atoms with Crippen molar-refractivity contribution in [1.29, 1.82) is 0 Å². The lowest BCUT2D eigenvalue weighted by atomic mass is 9.84. The number of fused-ring (bicyclic) bond motifs is 1. The van der Waals surface area contributed by atoms with E-state index in [4.69, 9.17) is 5.73 Å². The van der Waals surface area contributed by atoms with E-state index in [1.807, 2.05) is 63.2 Å². The molecule has 0 saturated heterocycles. The summed E-state index contributed by atoms with van der Waals surface area (Å²) >= 11 is 0. The van der Waals surface area contributed by atoms with Gasteiger partial charge in [-0.1, -0.05) is 44.2 Å². The van der Waals surface area contributed by atoms with E-state index in [0.29, 0.717) is 0 Å². The van der Waals surface area contributed by atoms with Crippen LogP contribution in [0.15, 0.2) is 42.5 Å². The second kappa shape index (κ2) is 4.62. The molecule has 0 heterocycles. The van der Waals surface area contributed by atoms with Gasteiger partial charge in [-0.25, -0.2) is 0 Å². The summed E-state index contributed by atoms with van der Waals surface area (Å²) in [5.41, 5.74) is 10.1. The van der Waals surface area contributed by atoms with E-state index in [-0.39, 0.29) is 11.8 Å². The Kier molecular flexibility index (Phi) is 3.01. The van der Waals surface area contributed by atoms with Gasteiger partial charge >= 0.3 is 0 Å². The molecule has 108 valence electrons. The number of carbonyl (C=O) groups excluding carboxylic acids is 1. The minimum Gasteiger partial charge on any atom is -0.399 e. The number of rotatable bonds is 2. The number of Topliss-reactive ketones (excluding diaryl/α,β-unsaturated/α-hetero) is 1. The maximum atomic E-state index is 12.6. The van der Waals surface area contributed by atoms with Crippen molar-refractivity contribution in [3.63, 3.8) is 0 Å². The Hall–Kier alpha value is -2.29. The first-order chi connectivity index (χ1) is 9.91. The molecule has 0 spiro atoms. The summed E-state index contributed by atoms with van der Waals surface area (Å²) < 4.78 is 0. The van der Waals surface area contributed by atoms with Gasteiger partial charge in [0.1, 0.15) is 0 Å². The largest absolute Gasteiger partial charge is 0.399 e. The number of hydrogen-bond donors (Lipinski definition) is 2. The van der Waals surface area contributed by atoms with E-state index >= 15 is 0 Å². The second-order valence-electron chi connectivity index (χ2n) is 6.29. The summed E-state index contributed by atoms with van der Waals surface area (Å²) in [6, 6.07) is 13.6. The van der Waals surface area contributed by atoms with Crippen LogP contribution in [-0.2, 0) is 0 Å². The summed E-state index contributed by atoms with van der Waals surface area (Å²) in [5, 5.41) is 3.53. The molecular formula is C18H20N2O. The van der Waals surface area contributed by atoms with Gasteiger partial charge in [0.05, 0.1) is 11.5 Å². The number of ketones is 1. The molecule has 0 saturated carbocycles. The summed E-state index contributed by atoms with van der Waals surface area (Å²) in [4.78, 5) is 12.6. The quantitative estimate of drug-likeness (QED) is 0.819. The predicted molar refractivity (Wildman–Crippen MR) is 86.5 cm³/mol. The standard InChI is InChI=1S/C18H20N2O/c1-11-8-9-12(19)10-15(11)20-16-13-6-4-5-7-14(13)17(21)18(16,2)3/h4-10,16,20H,19H2,1-3H3. The molecule has 21 heavy (non-hydrogen) atoms. The topological polar surface area (TPSA) is 55.1 Å². The molecule has 1 aliphatic carbocycles. The minimum absolute atomic E-state index is 0.0401. The van der Waals surface area contributed by atoms with Crippen LogP contribution in [0.5, 0.6) is 0 Å².